The number of nitrogens with two attached hydrogens (primary N) is 1. The molecular weight excluding hydrogens is 240 g/mol. The van der Waals surface area contributed by atoms with E-state index >= 15 is 0 Å². The van der Waals surface area contributed by atoms with Gasteiger partial charge in [-0.25, -0.2) is 0 Å². The van der Waals surface area contributed by atoms with E-state index in [1.54, 1.807) is 6.20 Å². The molecule has 0 atom stereocenters. The molecule has 0 saturated heterocycles. The Hall–Kier alpha value is -1.36. The predicted octanol–water partition coefficient (Wildman–Crippen LogP) is 1.85. The van der Waals surface area contributed by atoms with Crippen LogP contribution < -0.4 is 11.1 Å². The van der Waals surface area contributed by atoms with Crippen LogP contribution in [-0.2, 0) is 6.54 Å². The summed E-state index contributed by atoms with van der Waals surface area (Å²) in [6, 6.07) is 0. The SMILES string of the molecule is CCCC(C)(C)NC(=O)c1cnn(CCCN)c1C. The maximum absolute atomic E-state index is 12.3. The van der Waals surface area contributed by atoms with Crippen LogP contribution >= 0.6 is 0 Å². The molecule has 0 aliphatic rings. The number of hydrogen-bond donors (Lipinski definition) is 2. The van der Waals surface area contributed by atoms with Crippen LogP contribution in [0.5, 0.6) is 0 Å². The Kier molecular flexibility index (Phi) is 5.54. The highest BCUT2D eigenvalue weighted by molar-refractivity contribution is 5.95. The van der Waals surface area contributed by atoms with Crippen molar-refractivity contribution in [3.63, 3.8) is 0 Å². The zero-order chi connectivity index (χ0) is 14.5. The van der Waals surface area contributed by atoms with Crippen molar-refractivity contribution in [2.24, 2.45) is 5.73 Å². The molecule has 1 aromatic rings. The zero-order valence-electron chi connectivity index (χ0n) is 12.5. The van der Waals surface area contributed by atoms with Gasteiger partial charge in [0.05, 0.1) is 11.8 Å². The number of amides is 1. The second-order valence-corrected chi connectivity index (χ2v) is 5.60. The molecule has 1 rings (SSSR count). The van der Waals surface area contributed by atoms with Crippen LogP contribution in [0.15, 0.2) is 6.20 Å². The molecule has 0 unspecified atom stereocenters. The number of aromatic nitrogens is 2. The lowest BCUT2D eigenvalue weighted by molar-refractivity contribution is 0.0908. The molecule has 0 aliphatic heterocycles. The Morgan fingerprint density at radius 1 is 1.53 bits per heavy atom. The topological polar surface area (TPSA) is 72.9 Å². The molecule has 1 aromatic heterocycles. The van der Waals surface area contributed by atoms with Gasteiger partial charge in [0.2, 0.25) is 0 Å². The molecule has 0 bridgehead atoms. The lowest BCUT2D eigenvalue weighted by Gasteiger charge is -2.25. The first-order valence-electron chi connectivity index (χ1n) is 6.96. The maximum Gasteiger partial charge on any atom is 0.255 e. The third kappa shape index (κ3) is 4.35. The van der Waals surface area contributed by atoms with Crippen LogP contribution in [0.1, 0.15) is 56.1 Å². The van der Waals surface area contributed by atoms with Gasteiger partial charge in [-0.05, 0) is 40.2 Å². The van der Waals surface area contributed by atoms with E-state index in [0.717, 1.165) is 31.5 Å². The molecule has 1 amide bonds. The quantitative estimate of drug-likeness (QED) is 0.791. The lowest BCUT2D eigenvalue weighted by atomic mass is 9.98. The first-order chi connectivity index (χ1) is 8.91. The standard InChI is InChI=1S/C14H26N4O/c1-5-7-14(3,4)17-13(19)12-10-16-18(11(12)2)9-6-8-15/h10H,5-9,15H2,1-4H3,(H,17,19). The summed E-state index contributed by atoms with van der Waals surface area (Å²) in [6.45, 7) is 9.51. The van der Waals surface area contributed by atoms with Gasteiger partial charge in [0.1, 0.15) is 0 Å². The van der Waals surface area contributed by atoms with Gasteiger partial charge in [0.15, 0.2) is 0 Å². The van der Waals surface area contributed by atoms with Crippen molar-refractivity contribution in [3.05, 3.63) is 17.5 Å². The summed E-state index contributed by atoms with van der Waals surface area (Å²) in [5, 5.41) is 7.32. The second-order valence-electron chi connectivity index (χ2n) is 5.60. The highest BCUT2D eigenvalue weighted by atomic mass is 16.1. The van der Waals surface area contributed by atoms with Crippen LogP contribution in [0.25, 0.3) is 0 Å². The number of nitrogens with zero attached hydrogens (tertiary/aromatic N) is 2. The van der Waals surface area contributed by atoms with E-state index in [9.17, 15) is 4.79 Å². The largest absolute Gasteiger partial charge is 0.347 e. The molecule has 0 saturated carbocycles. The van der Waals surface area contributed by atoms with Gasteiger partial charge >= 0.3 is 0 Å². The van der Waals surface area contributed by atoms with E-state index in [4.69, 9.17) is 5.73 Å². The van der Waals surface area contributed by atoms with Gasteiger partial charge in [-0.3, -0.25) is 9.48 Å². The molecule has 3 N–H and O–H groups in total. The van der Waals surface area contributed by atoms with Gasteiger partial charge in [-0.1, -0.05) is 13.3 Å². The smallest absolute Gasteiger partial charge is 0.255 e. The van der Waals surface area contributed by atoms with E-state index in [1.807, 2.05) is 25.5 Å². The Morgan fingerprint density at radius 3 is 2.79 bits per heavy atom. The fourth-order valence-electron chi connectivity index (χ4n) is 2.20. The summed E-state index contributed by atoms with van der Waals surface area (Å²) in [5.41, 5.74) is 6.86. The lowest BCUT2D eigenvalue weighted by Crippen LogP contribution is -2.43. The first-order valence-corrected chi connectivity index (χ1v) is 6.96. The van der Waals surface area contributed by atoms with Gasteiger partial charge in [-0.15, -0.1) is 0 Å². The van der Waals surface area contributed by atoms with Gasteiger partial charge in [-0.2, -0.15) is 5.10 Å². The van der Waals surface area contributed by atoms with Gasteiger partial charge < -0.3 is 11.1 Å². The Bertz CT molecular complexity index is 423. The molecular formula is C14H26N4O. The van der Waals surface area contributed by atoms with E-state index in [2.05, 4.69) is 17.3 Å². The average Bonchev–Trinajstić information content (AvgIpc) is 2.67. The fraction of sp³-hybridized carbons (Fsp3) is 0.714. The number of carbonyl (C=O) groups excluding carboxylic acids is 1. The van der Waals surface area contributed by atoms with Crippen LogP contribution in [0.3, 0.4) is 0 Å². The molecule has 0 aliphatic carbocycles. The van der Waals surface area contributed by atoms with Gasteiger partial charge in [0, 0.05) is 17.8 Å². The normalized spacial score (nSPS) is 11.6. The van der Waals surface area contributed by atoms with Crippen LogP contribution in [0.4, 0.5) is 0 Å². The van der Waals surface area contributed by atoms with Crippen LogP contribution in [0, 0.1) is 6.92 Å². The highest BCUT2D eigenvalue weighted by Gasteiger charge is 2.22. The number of aryl methyl sites for hydroxylation is 1. The van der Waals surface area contributed by atoms with E-state index < -0.39 is 0 Å². The fourth-order valence-corrected chi connectivity index (χ4v) is 2.20. The molecule has 0 aromatic carbocycles. The summed E-state index contributed by atoms with van der Waals surface area (Å²) < 4.78 is 1.84. The number of nitrogens with one attached hydrogen (secondary N) is 1. The van der Waals surface area contributed by atoms with Crippen molar-refractivity contribution in [1.29, 1.82) is 0 Å². The summed E-state index contributed by atoms with van der Waals surface area (Å²) in [7, 11) is 0. The van der Waals surface area contributed by atoms with Crippen LogP contribution in [-0.4, -0.2) is 27.8 Å². The molecule has 5 nitrogen and oxygen atoms in total. The van der Waals surface area contributed by atoms with Crippen molar-refractivity contribution < 1.29 is 4.79 Å². The molecule has 5 heteroatoms. The highest BCUT2D eigenvalue weighted by Crippen LogP contribution is 2.14. The summed E-state index contributed by atoms with van der Waals surface area (Å²) in [6.07, 6.45) is 4.51. The number of rotatable bonds is 7. The summed E-state index contributed by atoms with van der Waals surface area (Å²) in [5.74, 6) is -0.0463. The van der Waals surface area contributed by atoms with Crippen molar-refractivity contribution >= 4 is 5.91 Å². The first kappa shape index (κ1) is 15.7. The molecule has 1 heterocycles. The van der Waals surface area contributed by atoms with Crippen molar-refractivity contribution in [3.8, 4) is 0 Å². The monoisotopic (exact) mass is 266 g/mol. The van der Waals surface area contributed by atoms with E-state index in [1.165, 1.54) is 0 Å². The third-order valence-electron chi connectivity index (χ3n) is 3.25. The average molecular weight is 266 g/mol. The number of carbonyl (C=O) groups is 1. The van der Waals surface area contributed by atoms with Gasteiger partial charge in [0.25, 0.3) is 5.91 Å². The molecule has 108 valence electrons. The minimum absolute atomic E-state index is 0.0463. The number of hydrogen-bond acceptors (Lipinski definition) is 3. The minimum Gasteiger partial charge on any atom is -0.347 e. The van der Waals surface area contributed by atoms with Crippen LogP contribution in [0.2, 0.25) is 0 Å². The summed E-state index contributed by atoms with van der Waals surface area (Å²) >= 11 is 0. The van der Waals surface area contributed by atoms with Crippen molar-refractivity contribution in [2.75, 3.05) is 6.54 Å². The predicted molar refractivity (Wildman–Crippen MR) is 77.1 cm³/mol. The van der Waals surface area contributed by atoms with Crippen molar-refractivity contribution in [1.82, 2.24) is 15.1 Å². The minimum atomic E-state index is -0.183. The molecule has 0 spiro atoms. The van der Waals surface area contributed by atoms with Crippen molar-refractivity contribution in [2.45, 2.75) is 59.0 Å². The zero-order valence-corrected chi connectivity index (χ0v) is 12.5. The molecule has 0 fully saturated rings. The molecule has 0 radical (unpaired) electrons. The Morgan fingerprint density at radius 2 is 2.21 bits per heavy atom. The third-order valence-corrected chi connectivity index (χ3v) is 3.25. The molecule has 19 heavy (non-hydrogen) atoms. The van der Waals surface area contributed by atoms with E-state index in [-0.39, 0.29) is 11.4 Å². The second kappa shape index (κ2) is 6.70. The Balaban J connectivity index is 2.75. The summed E-state index contributed by atoms with van der Waals surface area (Å²) in [4.78, 5) is 12.3. The maximum atomic E-state index is 12.3. The van der Waals surface area contributed by atoms with E-state index in [0.29, 0.717) is 12.1 Å². The Labute approximate surface area is 115 Å².